The molecular weight excluding hydrogens is 707 g/mol. The van der Waals surface area contributed by atoms with Gasteiger partial charge in [-0.2, -0.15) is 10.2 Å². The van der Waals surface area contributed by atoms with Gasteiger partial charge in [0, 0.05) is 55.8 Å². The zero-order chi connectivity index (χ0) is 32.8. The summed E-state index contributed by atoms with van der Waals surface area (Å²) < 4.78 is 13.6. The standard InChI is InChI=1S/C35H23Cl3N6O2S2/c1-45-24-16-19(36)6-7-21(24)33-31-29(26-9-11-28(38)48-26)18(17-40-35(31)44-42-33)13-15-46-23-5-3-2-4-20(23)32-30-22(25-8-10-27(37)47-25)12-14-39-34(30)43-41-32/h2-12,14,16-17H,13,15H2,1H3,(H,39,41,43)(H,40,42,44). The number of halogens is 3. The maximum Gasteiger partial charge on any atom is 0.182 e. The number of thiophene rings is 2. The number of H-pyrrole nitrogens is 2. The average Bonchev–Trinajstić information content (AvgIpc) is 3.92. The number of hydrogen-bond donors (Lipinski definition) is 2. The van der Waals surface area contributed by atoms with Crippen LogP contribution in [0.2, 0.25) is 13.7 Å². The van der Waals surface area contributed by atoms with Crippen molar-refractivity contribution < 1.29 is 9.47 Å². The molecule has 6 heterocycles. The van der Waals surface area contributed by atoms with E-state index in [2.05, 4.69) is 25.4 Å². The van der Waals surface area contributed by atoms with Crippen molar-refractivity contribution in [3.63, 3.8) is 0 Å². The summed E-state index contributed by atoms with van der Waals surface area (Å²) in [5, 5.41) is 17.8. The number of pyridine rings is 2. The number of fused-ring (bicyclic) bond motifs is 2. The van der Waals surface area contributed by atoms with Crippen LogP contribution in [0, 0.1) is 0 Å². The van der Waals surface area contributed by atoms with Gasteiger partial charge >= 0.3 is 0 Å². The van der Waals surface area contributed by atoms with E-state index in [-0.39, 0.29) is 0 Å². The number of para-hydroxylation sites is 1. The zero-order valence-corrected chi connectivity index (χ0v) is 29.0. The van der Waals surface area contributed by atoms with Crippen LogP contribution in [0.3, 0.4) is 0 Å². The predicted octanol–water partition coefficient (Wildman–Crippen LogP) is 10.6. The molecule has 2 N–H and O–H groups in total. The topological polar surface area (TPSA) is 102 Å². The highest BCUT2D eigenvalue weighted by molar-refractivity contribution is 7.19. The molecule has 0 aliphatic heterocycles. The molecule has 238 valence electrons. The molecule has 8 aromatic rings. The van der Waals surface area contributed by atoms with Crippen molar-refractivity contribution >= 4 is 79.5 Å². The molecule has 8 rings (SSSR count). The van der Waals surface area contributed by atoms with Gasteiger partial charge in [-0.1, -0.05) is 46.9 Å². The van der Waals surface area contributed by atoms with E-state index in [0.29, 0.717) is 45.2 Å². The first kappa shape index (κ1) is 30.9. The molecule has 0 aliphatic carbocycles. The highest BCUT2D eigenvalue weighted by Gasteiger charge is 2.22. The van der Waals surface area contributed by atoms with Crippen LogP contribution >= 0.6 is 57.5 Å². The lowest BCUT2D eigenvalue weighted by Gasteiger charge is -2.14. The predicted molar refractivity (Wildman–Crippen MR) is 196 cm³/mol. The van der Waals surface area contributed by atoms with Gasteiger partial charge in [0.1, 0.15) is 11.5 Å². The third-order valence-electron chi connectivity index (χ3n) is 7.99. The van der Waals surface area contributed by atoms with E-state index in [9.17, 15) is 0 Å². The van der Waals surface area contributed by atoms with Crippen molar-refractivity contribution in [2.75, 3.05) is 13.7 Å². The highest BCUT2D eigenvalue weighted by atomic mass is 35.5. The third kappa shape index (κ3) is 5.59. The van der Waals surface area contributed by atoms with Crippen molar-refractivity contribution in [2.45, 2.75) is 6.42 Å². The summed E-state index contributed by atoms with van der Waals surface area (Å²) in [6.07, 6.45) is 4.18. The van der Waals surface area contributed by atoms with Crippen LogP contribution in [0.15, 0.2) is 85.2 Å². The number of nitrogens with zero attached hydrogens (tertiary/aromatic N) is 4. The molecule has 48 heavy (non-hydrogen) atoms. The zero-order valence-electron chi connectivity index (χ0n) is 25.1. The van der Waals surface area contributed by atoms with Gasteiger partial charge in [0.15, 0.2) is 11.3 Å². The quantitative estimate of drug-likeness (QED) is 0.153. The van der Waals surface area contributed by atoms with Gasteiger partial charge < -0.3 is 9.47 Å². The molecular formula is C35H23Cl3N6O2S2. The summed E-state index contributed by atoms with van der Waals surface area (Å²) in [4.78, 5) is 11.3. The number of hydrogen-bond acceptors (Lipinski definition) is 8. The maximum atomic E-state index is 6.52. The van der Waals surface area contributed by atoms with Gasteiger partial charge in [-0.25, -0.2) is 9.97 Å². The largest absolute Gasteiger partial charge is 0.496 e. The Hall–Kier alpha value is -4.45. The lowest BCUT2D eigenvalue weighted by atomic mass is 9.98. The minimum atomic E-state index is 0.380. The Bertz CT molecular complexity index is 2450. The summed E-state index contributed by atoms with van der Waals surface area (Å²) in [6.45, 7) is 0.380. The van der Waals surface area contributed by atoms with Crippen molar-refractivity contribution in [3.05, 3.63) is 104 Å². The summed E-state index contributed by atoms with van der Waals surface area (Å²) in [6, 6.07) is 23.3. The van der Waals surface area contributed by atoms with Gasteiger partial charge in [-0.15, -0.1) is 22.7 Å². The Kier molecular flexibility index (Phi) is 8.27. The van der Waals surface area contributed by atoms with Crippen LogP contribution in [0.25, 0.3) is 65.5 Å². The van der Waals surface area contributed by atoms with Crippen molar-refractivity contribution in [2.24, 2.45) is 0 Å². The highest BCUT2D eigenvalue weighted by Crippen LogP contribution is 2.44. The number of aromatic nitrogens is 6. The van der Waals surface area contributed by atoms with Crippen LogP contribution in [0.4, 0.5) is 0 Å². The Morgan fingerprint density at radius 1 is 0.708 bits per heavy atom. The Morgan fingerprint density at radius 2 is 1.42 bits per heavy atom. The first-order valence-electron chi connectivity index (χ1n) is 14.7. The van der Waals surface area contributed by atoms with Gasteiger partial charge in [0.2, 0.25) is 0 Å². The normalized spacial score (nSPS) is 11.5. The molecule has 0 unspecified atom stereocenters. The van der Waals surface area contributed by atoms with E-state index in [1.54, 1.807) is 19.4 Å². The molecule has 0 radical (unpaired) electrons. The third-order valence-corrected chi connectivity index (χ3v) is 10.7. The number of aromatic amines is 2. The fourth-order valence-corrected chi connectivity index (χ4v) is 8.26. The second-order valence-electron chi connectivity index (χ2n) is 10.8. The first-order valence-corrected chi connectivity index (χ1v) is 17.5. The lowest BCUT2D eigenvalue weighted by molar-refractivity contribution is 0.323. The maximum absolute atomic E-state index is 6.52. The minimum absolute atomic E-state index is 0.380. The van der Waals surface area contributed by atoms with Crippen LogP contribution in [-0.2, 0) is 6.42 Å². The first-order chi connectivity index (χ1) is 23.5. The Labute approximate surface area is 297 Å². The van der Waals surface area contributed by atoms with Gasteiger partial charge in [0.05, 0.1) is 44.5 Å². The second-order valence-corrected chi connectivity index (χ2v) is 14.6. The second kappa shape index (κ2) is 12.9. The fourth-order valence-electron chi connectivity index (χ4n) is 5.89. The minimum Gasteiger partial charge on any atom is -0.496 e. The molecule has 8 nitrogen and oxygen atoms in total. The molecule has 0 saturated heterocycles. The monoisotopic (exact) mass is 728 g/mol. The summed E-state index contributed by atoms with van der Waals surface area (Å²) in [7, 11) is 1.62. The average molecular weight is 730 g/mol. The van der Waals surface area contributed by atoms with E-state index in [0.717, 1.165) is 64.1 Å². The molecule has 0 spiro atoms. The SMILES string of the molecule is COc1cc(Cl)ccc1-c1[nH]nc2ncc(CCOc3ccccc3-c3[nH]nc4nccc(-c5ccc(Cl)s5)c34)c(-c3ccc(Cl)s3)c12. The van der Waals surface area contributed by atoms with Gasteiger partial charge in [-0.05, 0) is 66.2 Å². The van der Waals surface area contributed by atoms with Gasteiger partial charge in [0.25, 0.3) is 0 Å². The molecule has 0 amide bonds. The van der Waals surface area contributed by atoms with E-state index in [4.69, 9.17) is 49.3 Å². The van der Waals surface area contributed by atoms with Crippen LogP contribution in [-0.4, -0.2) is 44.1 Å². The lowest BCUT2D eigenvalue weighted by Crippen LogP contribution is -2.04. The van der Waals surface area contributed by atoms with Crippen LogP contribution in [0.5, 0.6) is 11.5 Å². The molecule has 2 aromatic carbocycles. The molecule has 0 bridgehead atoms. The molecule has 0 fully saturated rings. The fraction of sp³-hybridized carbons (Fsp3) is 0.0857. The van der Waals surface area contributed by atoms with Crippen molar-refractivity contribution in [1.29, 1.82) is 0 Å². The van der Waals surface area contributed by atoms with Crippen molar-refractivity contribution in [3.8, 4) is 54.9 Å². The van der Waals surface area contributed by atoms with Crippen LogP contribution in [0.1, 0.15) is 5.56 Å². The molecule has 0 aliphatic rings. The Morgan fingerprint density at radius 3 is 2.17 bits per heavy atom. The molecule has 0 atom stereocenters. The number of nitrogens with one attached hydrogen (secondary N) is 2. The van der Waals surface area contributed by atoms with Crippen LogP contribution < -0.4 is 9.47 Å². The number of benzene rings is 2. The number of ether oxygens (including phenoxy) is 2. The molecule has 0 saturated carbocycles. The van der Waals surface area contributed by atoms with E-state index in [1.807, 2.05) is 72.9 Å². The summed E-state index contributed by atoms with van der Waals surface area (Å²) in [5.74, 6) is 1.34. The van der Waals surface area contributed by atoms with Crippen molar-refractivity contribution in [1.82, 2.24) is 30.4 Å². The molecule has 6 aromatic heterocycles. The Balaban J connectivity index is 1.17. The van der Waals surface area contributed by atoms with E-state index in [1.165, 1.54) is 22.7 Å². The molecule has 13 heteroatoms. The van der Waals surface area contributed by atoms with Gasteiger partial charge in [-0.3, -0.25) is 10.2 Å². The summed E-state index contributed by atoms with van der Waals surface area (Å²) >= 11 is 22.1. The van der Waals surface area contributed by atoms with E-state index >= 15 is 0 Å². The smallest absolute Gasteiger partial charge is 0.182 e. The number of methoxy groups -OCH3 is 1. The number of rotatable bonds is 9. The van der Waals surface area contributed by atoms with E-state index < -0.39 is 0 Å². The summed E-state index contributed by atoms with van der Waals surface area (Å²) in [5.41, 5.74) is 7.48.